The molecule has 1 amide bonds. The maximum Gasteiger partial charge on any atom is 0.284 e. The Balaban J connectivity index is 1.72. The predicted octanol–water partition coefficient (Wildman–Crippen LogP) is 2.90. The number of phenols is 1. The van der Waals surface area contributed by atoms with Gasteiger partial charge in [0.2, 0.25) is 6.10 Å². The first-order chi connectivity index (χ1) is 14.6. The second-order valence-electron chi connectivity index (χ2n) is 7.91. The van der Waals surface area contributed by atoms with E-state index < -0.39 is 16.9 Å². The first-order valence-corrected chi connectivity index (χ1v) is 9.42. The van der Waals surface area contributed by atoms with Gasteiger partial charge in [0.15, 0.2) is 23.0 Å². The van der Waals surface area contributed by atoms with Gasteiger partial charge in [-0.05, 0) is 23.1 Å². The molecule has 2 aromatic rings. The molecule has 0 saturated carbocycles. The van der Waals surface area contributed by atoms with Gasteiger partial charge in [-0.15, -0.1) is 0 Å². The fourth-order valence-corrected chi connectivity index (χ4v) is 2.88. The topological polar surface area (TPSA) is 133 Å². The van der Waals surface area contributed by atoms with Crippen molar-refractivity contribution in [3.8, 4) is 23.0 Å². The Bertz CT molecular complexity index is 1040. The monoisotopic (exact) mass is 429 g/mol. The fraction of sp³-hybridized carbons (Fsp3) is 0.333. The highest BCUT2D eigenvalue weighted by molar-refractivity contribution is 5.88. The summed E-state index contributed by atoms with van der Waals surface area (Å²) in [6.45, 7) is 6.19. The van der Waals surface area contributed by atoms with Gasteiger partial charge < -0.3 is 19.3 Å². The molecule has 0 saturated heterocycles. The summed E-state index contributed by atoms with van der Waals surface area (Å²) < 4.78 is 16.3. The molecule has 0 spiro atoms. The van der Waals surface area contributed by atoms with Crippen molar-refractivity contribution in [1.29, 1.82) is 0 Å². The Morgan fingerprint density at radius 2 is 2.06 bits per heavy atom. The summed E-state index contributed by atoms with van der Waals surface area (Å²) in [5, 5.41) is 24.9. The molecule has 0 radical (unpaired) electrons. The number of carbonyl (C=O) groups excluding carboxylic acids is 1. The number of hydrogen-bond donors (Lipinski definition) is 2. The first kappa shape index (κ1) is 21.9. The minimum Gasteiger partial charge on any atom is -0.504 e. The number of nitrogens with one attached hydrogen (secondary N) is 1. The molecule has 31 heavy (non-hydrogen) atoms. The number of fused-ring (bicyclic) bond motifs is 1. The van der Waals surface area contributed by atoms with Gasteiger partial charge in [-0.3, -0.25) is 14.9 Å². The number of aromatic hydroxyl groups is 1. The Kier molecular flexibility index (Phi) is 6.00. The Morgan fingerprint density at radius 1 is 1.32 bits per heavy atom. The van der Waals surface area contributed by atoms with Gasteiger partial charge in [0, 0.05) is 11.6 Å². The first-order valence-electron chi connectivity index (χ1n) is 9.42. The third kappa shape index (κ3) is 4.85. The number of nitro groups is 1. The highest BCUT2D eigenvalue weighted by Gasteiger charge is 2.28. The molecule has 0 unspecified atom stereocenters. The van der Waals surface area contributed by atoms with Gasteiger partial charge in [0.05, 0.1) is 24.3 Å². The number of benzene rings is 2. The van der Waals surface area contributed by atoms with Crippen LogP contribution in [-0.2, 0) is 10.2 Å². The molecule has 0 fully saturated rings. The van der Waals surface area contributed by atoms with Crippen LogP contribution in [0.3, 0.4) is 0 Å². The summed E-state index contributed by atoms with van der Waals surface area (Å²) in [7, 11) is 1.27. The van der Waals surface area contributed by atoms with Crippen LogP contribution in [0, 0.1) is 10.1 Å². The molecule has 0 aliphatic carbocycles. The molecule has 0 bridgehead atoms. The molecule has 10 heteroatoms. The van der Waals surface area contributed by atoms with Gasteiger partial charge in [0.25, 0.3) is 11.6 Å². The van der Waals surface area contributed by atoms with E-state index in [1.54, 1.807) is 6.07 Å². The summed E-state index contributed by atoms with van der Waals surface area (Å²) in [6.07, 6.45) is 0.145. The summed E-state index contributed by atoms with van der Waals surface area (Å²) in [5.74, 6) is 0.0159. The SMILES string of the molecule is COc1cc([N+](=O)[O-])cc(/C=N/NC(=O)[C@H]2COc3ccc(C(C)(C)C)cc3O2)c1O. The number of carbonyl (C=O) groups is 1. The van der Waals surface area contributed by atoms with Crippen molar-refractivity contribution in [3.05, 3.63) is 51.6 Å². The second-order valence-corrected chi connectivity index (χ2v) is 7.91. The van der Waals surface area contributed by atoms with E-state index in [1.165, 1.54) is 7.11 Å². The minimum absolute atomic E-state index is 0.000893. The summed E-state index contributed by atoms with van der Waals surface area (Å²) in [5.41, 5.74) is 2.94. The van der Waals surface area contributed by atoms with E-state index in [0.29, 0.717) is 11.5 Å². The molecule has 2 N–H and O–H groups in total. The van der Waals surface area contributed by atoms with Gasteiger partial charge in [-0.1, -0.05) is 26.8 Å². The molecule has 1 aliphatic heterocycles. The zero-order valence-electron chi connectivity index (χ0n) is 17.5. The van der Waals surface area contributed by atoms with Crippen LogP contribution in [0.2, 0.25) is 0 Å². The largest absolute Gasteiger partial charge is 0.504 e. The van der Waals surface area contributed by atoms with Crippen molar-refractivity contribution >= 4 is 17.8 Å². The molecule has 3 rings (SSSR count). The summed E-state index contributed by atoms with van der Waals surface area (Å²) >= 11 is 0. The number of nitrogens with zero attached hydrogens (tertiary/aromatic N) is 2. The molecular formula is C21H23N3O7. The van der Waals surface area contributed by atoms with Crippen molar-refractivity contribution in [2.45, 2.75) is 32.3 Å². The van der Waals surface area contributed by atoms with Crippen LogP contribution < -0.4 is 19.6 Å². The number of hydrogen-bond acceptors (Lipinski definition) is 8. The third-order valence-electron chi connectivity index (χ3n) is 4.66. The number of nitro benzene ring substituents is 1. The van der Waals surface area contributed by atoms with E-state index in [0.717, 1.165) is 23.9 Å². The van der Waals surface area contributed by atoms with Gasteiger partial charge in [0.1, 0.15) is 6.61 Å². The maximum absolute atomic E-state index is 12.4. The van der Waals surface area contributed by atoms with Crippen molar-refractivity contribution in [2.24, 2.45) is 5.10 Å². The van der Waals surface area contributed by atoms with Crippen molar-refractivity contribution in [2.75, 3.05) is 13.7 Å². The van der Waals surface area contributed by atoms with Crippen molar-refractivity contribution < 1.29 is 29.0 Å². The van der Waals surface area contributed by atoms with Crippen molar-refractivity contribution in [1.82, 2.24) is 5.43 Å². The smallest absolute Gasteiger partial charge is 0.284 e. The quantitative estimate of drug-likeness (QED) is 0.424. The maximum atomic E-state index is 12.4. The third-order valence-corrected chi connectivity index (χ3v) is 4.66. The van der Waals surface area contributed by atoms with Gasteiger partial charge in [-0.25, -0.2) is 5.43 Å². The van der Waals surface area contributed by atoms with E-state index in [-0.39, 0.29) is 34.8 Å². The number of amides is 1. The zero-order chi connectivity index (χ0) is 22.8. The number of ether oxygens (including phenoxy) is 3. The lowest BCUT2D eigenvalue weighted by atomic mass is 9.87. The molecule has 1 atom stereocenters. The van der Waals surface area contributed by atoms with Crippen LogP contribution in [-0.4, -0.2) is 42.0 Å². The van der Waals surface area contributed by atoms with Gasteiger partial charge in [-0.2, -0.15) is 5.10 Å². The Morgan fingerprint density at radius 3 is 2.71 bits per heavy atom. The number of non-ortho nitro benzene ring substituents is 1. The number of hydrazone groups is 1. The fourth-order valence-electron chi connectivity index (χ4n) is 2.88. The van der Waals surface area contributed by atoms with Gasteiger partial charge >= 0.3 is 0 Å². The molecule has 0 aromatic heterocycles. The lowest BCUT2D eigenvalue weighted by Gasteiger charge is -2.27. The van der Waals surface area contributed by atoms with Crippen LogP contribution in [0.5, 0.6) is 23.0 Å². The molecular weight excluding hydrogens is 406 g/mol. The molecule has 2 aromatic carbocycles. The van der Waals surface area contributed by atoms with E-state index in [2.05, 4.69) is 31.3 Å². The molecule has 1 heterocycles. The normalized spacial score (nSPS) is 15.5. The summed E-state index contributed by atoms with van der Waals surface area (Å²) in [6, 6.07) is 7.79. The van der Waals surface area contributed by atoms with E-state index in [1.807, 2.05) is 12.1 Å². The number of methoxy groups -OCH3 is 1. The Labute approximate surface area is 178 Å². The van der Waals surface area contributed by atoms with Crippen molar-refractivity contribution in [3.63, 3.8) is 0 Å². The van der Waals surface area contributed by atoms with Crippen LogP contribution >= 0.6 is 0 Å². The molecule has 1 aliphatic rings. The molecule has 164 valence electrons. The standard InChI is InChI=1S/C21H23N3O7/c1-21(2,3)13-5-6-15-16(8-13)31-18(11-30-15)20(26)23-22-10-12-7-14(24(27)28)9-17(29-4)19(12)25/h5-10,18,25H,11H2,1-4H3,(H,23,26)/b22-10+/t18-/m1/s1. The lowest BCUT2D eigenvalue weighted by molar-refractivity contribution is -0.385. The van der Waals surface area contributed by atoms with E-state index in [4.69, 9.17) is 14.2 Å². The number of phenolic OH excluding ortho intramolecular Hbond substituents is 1. The van der Waals surface area contributed by atoms with E-state index >= 15 is 0 Å². The van der Waals surface area contributed by atoms with Crippen LogP contribution in [0.25, 0.3) is 0 Å². The predicted molar refractivity (Wildman–Crippen MR) is 112 cm³/mol. The number of rotatable bonds is 5. The minimum atomic E-state index is -0.937. The Hall–Kier alpha value is -3.82. The van der Waals surface area contributed by atoms with Crippen LogP contribution in [0.15, 0.2) is 35.4 Å². The molecule has 10 nitrogen and oxygen atoms in total. The highest BCUT2D eigenvalue weighted by Crippen LogP contribution is 2.36. The average Bonchev–Trinajstić information content (AvgIpc) is 2.73. The highest BCUT2D eigenvalue weighted by atomic mass is 16.6. The zero-order valence-corrected chi connectivity index (χ0v) is 17.5. The van der Waals surface area contributed by atoms with Crippen LogP contribution in [0.4, 0.5) is 5.69 Å². The second kappa shape index (κ2) is 8.50. The van der Waals surface area contributed by atoms with E-state index in [9.17, 15) is 20.0 Å². The summed E-state index contributed by atoms with van der Waals surface area (Å²) in [4.78, 5) is 22.8. The van der Waals surface area contributed by atoms with Crippen LogP contribution in [0.1, 0.15) is 31.9 Å². The lowest BCUT2D eigenvalue weighted by Crippen LogP contribution is -2.42. The average molecular weight is 429 g/mol.